The first-order valence-electron chi connectivity index (χ1n) is 8.58. The molecule has 0 aromatic heterocycles. The predicted octanol–water partition coefficient (Wildman–Crippen LogP) is 3.36. The van der Waals surface area contributed by atoms with Crippen molar-refractivity contribution in [3.8, 4) is 0 Å². The number of nitrogens with one attached hydrogen (secondary N) is 1. The van der Waals surface area contributed by atoms with Crippen LogP contribution in [0, 0.1) is 13.8 Å². The molecule has 0 atom stereocenters. The summed E-state index contributed by atoms with van der Waals surface area (Å²) in [5, 5.41) is 9.59. The van der Waals surface area contributed by atoms with E-state index in [-0.39, 0.29) is 16.1 Å². The maximum atomic E-state index is 12.7. The highest BCUT2D eigenvalue weighted by Crippen LogP contribution is 2.28. The van der Waals surface area contributed by atoms with Gasteiger partial charge in [-0.2, -0.15) is 11.8 Å². The van der Waals surface area contributed by atoms with Gasteiger partial charge in [-0.1, -0.05) is 6.07 Å². The molecule has 144 valence electrons. The monoisotopic (exact) mass is 406 g/mol. The van der Waals surface area contributed by atoms with E-state index in [2.05, 4.69) is 4.72 Å². The lowest BCUT2D eigenvalue weighted by Gasteiger charge is -2.29. The van der Waals surface area contributed by atoms with Crippen LogP contribution in [0.2, 0.25) is 0 Å². The van der Waals surface area contributed by atoms with Crippen LogP contribution >= 0.6 is 11.8 Å². The number of thioether (sulfide) groups is 1. The smallest absolute Gasteiger partial charge is 0.337 e. The lowest BCUT2D eigenvalue weighted by Crippen LogP contribution is -2.33. The highest BCUT2D eigenvalue weighted by Gasteiger charge is 2.21. The van der Waals surface area contributed by atoms with Gasteiger partial charge in [0.05, 0.1) is 16.1 Å². The molecule has 1 aliphatic rings. The fourth-order valence-corrected chi connectivity index (χ4v) is 4.98. The van der Waals surface area contributed by atoms with Crippen molar-refractivity contribution in [3.05, 3.63) is 53.1 Å². The molecule has 0 aliphatic carbocycles. The quantitative estimate of drug-likeness (QED) is 0.792. The molecule has 1 fully saturated rings. The first-order chi connectivity index (χ1) is 12.8. The van der Waals surface area contributed by atoms with E-state index in [1.165, 1.54) is 6.07 Å². The molecule has 0 radical (unpaired) electrons. The molecule has 0 saturated carbocycles. The Hall–Kier alpha value is -2.19. The fourth-order valence-electron chi connectivity index (χ4n) is 2.95. The van der Waals surface area contributed by atoms with Crippen LogP contribution in [-0.2, 0) is 10.0 Å². The van der Waals surface area contributed by atoms with Crippen LogP contribution < -0.4 is 9.62 Å². The molecule has 0 bridgehead atoms. The number of aryl methyl sites for hydroxylation is 2. The van der Waals surface area contributed by atoms with E-state index < -0.39 is 16.0 Å². The molecule has 1 aliphatic heterocycles. The van der Waals surface area contributed by atoms with Crippen molar-refractivity contribution in [1.29, 1.82) is 0 Å². The lowest BCUT2D eigenvalue weighted by atomic mass is 10.1. The fraction of sp³-hybridized carbons (Fsp3) is 0.316. The van der Waals surface area contributed by atoms with E-state index in [0.717, 1.165) is 35.7 Å². The average Bonchev–Trinajstić information content (AvgIpc) is 2.64. The maximum absolute atomic E-state index is 12.7. The number of carboxylic acids is 1. The largest absolute Gasteiger partial charge is 0.478 e. The summed E-state index contributed by atoms with van der Waals surface area (Å²) in [5.41, 5.74) is 2.84. The van der Waals surface area contributed by atoms with Crippen LogP contribution in [0.5, 0.6) is 0 Å². The summed E-state index contributed by atoms with van der Waals surface area (Å²) in [6, 6.07) is 9.58. The molecule has 2 aromatic carbocycles. The van der Waals surface area contributed by atoms with E-state index in [1.807, 2.05) is 30.5 Å². The first-order valence-corrected chi connectivity index (χ1v) is 11.2. The van der Waals surface area contributed by atoms with Gasteiger partial charge in [-0.05, 0) is 55.3 Å². The number of hydrogen-bond acceptors (Lipinski definition) is 5. The predicted molar refractivity (Wildman–Crippen MR) is 110 cm³/mol. The number of benzene rings is 2. The van der Waals surface area contributed by atoms with E-state index in [9.17, 15) is 18.3 Å². The third-order valence-corrected chi connectivity index (χ3v) is 6.94. The first kappa shape index (κ1) is 19.6. The Kier molecular flexibility index (Phi) is 5.67. The zero-order valence-electron chi connectivity index (χ0n) is 15.2. The van der Waals surface area contributed by atoms with Gasteiger partial charge in [0.2, 0.25) is 0 Å². The van der Waals surface area contributed by atoms with Crippen LogP contribution in [0.15, 0.2) is 41.3 Å². The normalized spacial score (nSPS) is 14.8. The molecule has 3 rings (SSSR count). The summed E-state index contributed by atoms with van der Waals surface area (Å²) in [5.74, 6) is 0.816. The Bertz CT molecular complexity index is 968. The Labute approximate surface area is 163 Å². The minimum Gasteiger partial charge on any atom is -0.478 e. The van der Waals surface area contributed by atoms with Gasteiger partial charge in [0, 0.05) is 30.3 Å². The summed E-state index contributed by atoms with van der Waals surface area (Å²) >= 11 is 1.84. The average molecular weight is 407 g/mol. The zero-order valence-corrected chi connectivity index (χ0v) is 16.9. The summed E-state index contributed by atoms with van der Waals surface area (Å²) in [4.78, 5) is 13.9. The van der Waals surface area contributed by atoms with Crippen LogP contribution in [0.25, 0.3) is 0 Å². The Morgan fingerprint density at radius 3 is 2.41 bits per heavy atom. The molecule has 0 spiro atoms. The van der Waals surface area contributed by atoms with Gasteiger partial charge in [0.15, 0.2) is 0 Å². The number of carboxylic acid groups (broad SMARTS) is 1. The molecule has 2 aromatic rings. The summed E-state index contributed by atoms with van der Waals surface area (Å²) in [6.07, 6.45) is 0. The third kappa shape index (κ3) is 4.39. The van der Waals surface area contributed by atoms with E-state index in [1.54, 1.807) is 30.3 Å². The van der Waals surface area contributed by atoms with Crippen molar-refractivity contribution in [3.63, 3.8) is 0 Å². The minimum atomic E-state index is -3.79. The van der Waals surface area contributed by atoms with Crippen LogP contribution in [0.3, 0.4) is 0 Å². The summed E-state index contributed by atoms with van der Waals surface area (Å²) < 4.78 is 27.8. The molecule has 1 saturated heterocycles. The second-order valence-corrected chi connectivity index (χ2v) is 9.40. The zero-order chi connectivity index (χ0) is 19.6. The van der Waals surface area contributed by atoms with Gasteiger partial charge < -0.3 is 10.0 Å². The summed E-state index contributed by atoms with van der Waals surface area (Å²) in [6.45, 7) is 5.32. The van der Waals surface area contributed by atoms with Crippen LogP contribution in [0.1, 0.15) is 21.5 Å². The van der Waals surface area contributed by atoms with E-state index in [0.29, 0.717) is 5.69 Å². The summed E-state index contributed by atoms with van der Waals surface area (Å²) in [7, 11) is -3.79. The Morgan fingerprint density at radius 2 is 1.78 bits per heavy atom. The van der Waals surface area contributed by atoms with Crippen molar-refractivity contribution in [2.75, 3.05) is 34.2 Å². The molecular formula is C19H22N2O4S2. The lowest BCUT2D eigenvalue weighted by molar-refractivity contribution is 0.0697. The maximum Gasteiger partial charge on any atom is 0.337 e. The number of nitrogens with zero attached hydrogens (tertiary/aromatic N) is 1. The molecule has 2 N–H and O–H groups in total. The number of anilines is 2. The van der Waals surface area contributed by atoms with Gasteiger partial charge >= 0.3 is 5.97 Å². The van der Waals surface area contributed by atoms with Gasteiger partial charge in [-0.25, -0.2) is 13.2 Å². The standard InChI is InChI=1S/C19H22N2O4S2/c1-13-3-5-16(11-14(13)2)27(24,25)20-15-4-6-18(17(12-15)19(22)23)21-7-9-26-10-8-21/h3-6,11-12,20H,7-10H2,1-2H3,(H,22,23). The number of aromatic carboxylic acids is 1. The van der Waals surface area contributed by atoms with Gasteiger partial charge in [-0.15, -0.1) is 0 Å². The number of carbonyl (C=O) groups is 1. The van der Waals surface area contributed by atoms with Crippen LogP contribution in [0.4, 0.5) is 11.4 Å². The van der Waals surface area contributed by atoms with Crippen LogP contribution in [-0.4, -0.2) is 44.1 Å². The third-order valence-electron chi connectivity index (χ3n) is 4.62. The number of sulfonamides is 1. The second kappa shape index (κ2) is 7.82. The SMILES string of the molecule is Cc1ccc(S(=O)(=O)Nc2ccc(N3CCSCC3)c(C(=O)O)c2)cc1C. The molecule has 6 nitrogen and oxygen atoms in total. The minimum absolute atomic E-state index is 0.0992. The molecule has 0 unspecified atom stereocenters. The van der Waals surface area contributed by atoms with Gasteiger partial charge in [0.25, 0.3) is 10.0 Å². The number of hydrogen-bond donors (Lipinski definition) is 2. The highest BCUT2D eigenvalue weighted by molar-refractivity contribution is 7.99. The molecule has 0 amide bonds. The highest BCUT2D eigenvalue weighted by atomic mass is 32.2. The molecule has 1 heterocycles. The topological polar surface area (TPSA) is 86.7 Å². The van der Waals surface area contributed by atoms with E-state index in [4.69, 9.17) is 0 Å². The number of rotatable bonds is 5. The van der Waals surface area contributed by atoms with Gasteiger partial charge in [-0.3, -0.25) is 4.72 Å². The van der Waals surface area contributed by atoms with E-state index >= 15 is 0 Å². The molecular weight excluding hydrogens is 384 g/mol. The molecule has 8 heteroatoms. The van der Waals surface area contributed by atoms with Crippen molar-refractivity contribution >= 4 is 39.1 Å². The van der Waals surface area contributed by atoms with Gasteiger partial charge in [0.1, 0.15) is 0 Å². The van der Waals surface area contributed by atoms with Crippen molar-refractivity contribution in [1.82, 2.24) is 0 Å². The second-order valence-electron chi connectivity index (χ2n) is 6.49. The van der Waals surface area contributed by atoms with Crippen molar-refractivity contribution in [2.24, 2.45) is 0 Å². The Morgan fingerprint density at radius 1 is 1.07 bits per heavy atom. The molecule has 27 heavy (non-hydrogen) atoms. The van der Waals surface area contributed by atoms with Crippen molar-refractivity contribution < 1.29 is 18.3 Å². The van der Waals surface area contributed by atoms with Crippen molar-refractivity contribution in [2.45, 2.75) is 18.7 Å². The Balaban J connectivity index is 1.91.